The Kier molecular flexibility index (Phi) is 6.89. The van der Waals surface area contributed by atoms with Crippen LogP contribution in [-0.4, -0.2) is 26.2 Å². The molecular weight excluding hydrogens is 330 g/mol. The Morgan fingerprint density at radius 1 is 0.962 bits per heavy atom. The number of hydrogen-bond donors (Lipinski definition) is 1. The van der Waals surface area contributed by atoms with Gasteiger partial charge in [0.15, 0.2) is 11.5 Å². The molecule has 0 bridgehead atoms. The summed E-state index contributed by atoms with van der Waals surface area (Å²) in [6.45, 7) is 6.34. The number of amides is 1. The third-order valence-corrected chi connectivity index (χ3v) is 3.90. The van der Waals surface area contributed by atoms with Gasteiger partial charge >= 0.3 is 0 Å². The predicted octanol–water partition coefficient (Wildman–Crippen LogP) is 3.66. The van der Waals surface area contributed by atoms with Crippen LogP contribution in [0, 0.1) is 6.92 Å². The van der Waals surface area contributed by atoms with Crippen LogP contribution in [0.25, 0.3) is 0 Å². The second-order valence-corrected chi connectivity index (χ2v) is 6.41. The molecule has 0 fully saturated rings. The average Bonchev–Trinajstić information content (AvgIpc) is 2.60. The molecule has 0 radical (unpaired) electrons. The van der Waals surface area contributed by atoms with E-state index in [0.29, 0.717) is 24.5 Å². The van der Waals surface area contributed by atoms with Crippen LogP contribution in [0.3, 0.4) is 0 Å². The van der Waals surface area contributed by atoms with Crippen molar-refractivity contribution in [1.82, 2.24) is 5.32 Å². The minimum absolute atomic E-state index is 0.0314. The Balaban J connectivity index is 1.95. The largest absolute Gasteiger partial charge is 0.496 e. The second-order valence-electron chi connectivity index (χ2n) is 6.41. The van der Waals surface area contributed by atoms with E-state index in [1.54, 1.807) is 14.2 Å². The molecule has 0 unspecified atom stereocenters. The van der Waals surface area contributed by atoms with Crippen molar-refractivity contribution in [2.24, 2.45) is 0 Å². The third-order valence-electron chi connectivity index (χ3n) is 3.90. The number of carbonyl (C=O) groups excluding carboxylic acids is 1. The monoisotopic (exact) mass is 357 g/mol. The van der Waals surface area contributed by atoms with Gasteiger partial charge in [-0.25, -0.2) is 0 Å². The highest BCUT2D eigenvalue weighted by molar-refractivity contribution is 5.78. The molecule has 0 aromatic heterocycles. The molecule has 140 valence electrons. The fourth-order valence-electron chi connectivity index (χ4n) is 2.67. The van der Waals surface area contributed by atoms with Gasteiger partial charge in [0.25, 0.3) is 0 Å². The number of aryl methyl sites for hydroxylation is 1. The van der Waals surface area contributed by atoms with E-state index in [1.807, 2.05) is 57.2 Å². The van der Waals surface area contributed by atoms with Crippen molar-refractivity contribution in [2.45, 2.75) is 39.8 Å². The zero-order valence-electron chi connectivity index (χ0n) is 16.1. The van der Waals surface area contributed by atoms with E-state index < -0.39 is 0 Å². The maximum atomic E-state index is 12.2. The molecule has 0 saturated heterocycles. The molecule has 2 aromatic carbocycles. The van der Waals surface area contributed by atoms with E-state index in [-0.39, 0.29) is 12.0 Å². The first-order valence-electron chi connectivity index (χ1n) is 8.66. The lowest BCUT2D eigenvalue weighted by Crippen LogP contribution is -2.24. The first kappa shape index (κ1) is 19.6. The van der Waals surface area contributed by atoms with Crippen LogP contribution in [0.2, 0.25) is 0 Å². The Labute approximate surface area is 155 Å². The van der Waals surface area contributed by atoms with E-state index in [4.69, 9.17) is 14.2 Å². The maximum Gasteiger partial charge on any atom is 0.224 e. The van der Waals surface area contributed by atoms with Gasteiger partial charge < -0.3 is 19.5 Å². The molecule has 0 atom stereocenters. The normalized spacial score (nSPS) is 10.5. The Bertz CT molecular complexity index is 756. The lowest BCUT2D eigenvalue weighted by molar-refractivity contribution is -0.120. The number of rotatable bonds is 8. The van der Waals surface area contributed by atoms with Gasteiger partial charge in [-0.2, -0.15) is 0 Å². The van der Waals surface area contributed by atoms with Crippen molar-refractivity contribution in [3.8, 4) is 17.2 Å². The molecule has 1 N–H and O–H groups in total. The number of ether oxygens (including phenoxy) is 3. The highest BCUT2D eigenvalue weighted by Crippen LogP contribution is 2.29. The molecule has 0 aliphatic rings. The van der Waals surface area contributed by atoms with Crippen LogP contribution in [0.5, 0.6) is 17.2 Å². The Morgan fingerprint density at radius 2 is 1.62 bits per heavy atom. The molecule has 2 aromatic rings. The predicted molar refractivity (Wildman–Crippen MR) is 102 cm³/mol. The zero-order chi connectivity index (χ0) is 19.1. The molecule has 2 rings (SSSR count). The summed E-state index contributed by atoms with van der Waals surface area (Å²) in [5, 5.41) is 2.94. The topological polar surface area (TPSA) is 56.8 Å². The SMILES string of the molecule is COc1ccc(CC(=O)NCc2ccc(OC(C)C)c(OC)c2)cc1C. The standard InChI is InChI=1S/C21H27NO4/c1-14(2)26-19-9-7-17(11-20(19)25-5)13-22-21(23)12-16-6-8-18(24-4)15(3)10-16/h6-11,14H,12-13H2,1-5H3,(H,22,23). The fraction of sp³-hybridized carbons (Fsp3) is 0.381. The van der Waals surface area contributed by atoms with E-state index in [9.17, 15) is 4.79 Å². The van der Waals surface area contributed by atoms with Gasteiger partial charge in [-0.05, 0) is 55.7 Å². The van der Waals surface area contributed by atoms with Gasteiger partial charge in [0, 0.05) is 6.54 Å². The smallest absolute Gasteiger partial charge is 0.224 e. The summed E-state index contributed by atoms with van der Waals surface area (Å²) in [5.74, 6) is 2.16. The molecular formula is C21H27NO4. The van der Waals surface area contributed by atoms with E-state index >= 15 is 0 Å². The van der Waals surface area contributed by atoms with Crippen LogP contribution in [-0.2, 0) is 17.8 Å². The summed E-state index contributed by atoms with van der Waals surface area (Å²) in [6, 6.07) is 11.4. The lowest BCUT2D eigenvalue weighted by atomic mass is 10.1. The van der Waals surface area contributed by atoms with Crippen molar-refractivity contribution in [3.05, 3.63) is 53.1 Å². The zero-order valence-corrected chi connectivity index (χ0v) is 16.1. The van der Waals surface area contributed by atoms with Gasteiger partial charge in [0.05, 0.1) is 26.7 Å². The van der Waals surface area contributed by atoms with E-state index in [2.05, 4.69) is 5.32 Å². The average molecular weight is 357 g/mol. The highest BCUT2D eigenvalue weighted by atomic mass is 16.5. The van der Waals surface area contributed by atoms with E-state index in [0.717, 1.165) is 22.4 Å². The first-order chi connectivity index (χ1) is 12.4. The van der Waals surface area contributed by atoms with Crippen molar-refractivity contribution >= 4 is 5.91 Å². The quantitative estimate of drug-likeness (QED) is 0.783. The van der Waals surface area contributed by atoms with Gasteiger partial charge in [0.1, 0.15) is 5.75 Å². The number of nitrogens with one attached hydrogen (secondary N) is 1. The van der Waals surface area contributed by atoms with Crippen molar-refractivity contribution in [1.29, 1.82) is 0 Å². The van der Waals surface area contributed by atoms with Crippen LogP contribution in [0.1, 0.15) is 30.5 Å². The Morgan fingerprint density at radius 3 is 2.23 bits per heavy atom. The van der Waals surface area contributed by atoms with Gasteiger partial charge in [-0.1, -0.05) is 18.2 Å². The summed E-state index contributed by atoms with van der Waals surface area (Å²) < 4.78 is 16.3. The number of hydrogen-bond acceptors (Lipinski definition) is 4. The summed E-state index contributed by atoms with van der Waals surface area (Å²) in [6.07, 6.45) is 0.402. The highest BCUT2D eigenvalue weighted by Gasteiger charge is 2.09. The van der Waals surface area contributed by atoms with Crippen LogP contribution >= 0.6 is 0 Å². The molecule has 0 heterocycles. The molecule has 5 nitrogen and oxygen atoms in total. The van der Waals surface area contributed by atoms with Crippen LogP contribution < -0.4 is 19.5 Å². The number of carbonyl (C=O) groups is 1. The Hall–Kier alpha value is -2.69. The first-order valence-corrected chi connectivity index (χ1v) is 8.66. The number of benzene rings is 2. The minimum atomic E-state index is -0.0314. The fourth-order valence-corrected chi connectivity index (χ4v) is 2.67. The lowest BCUT2D eigenvalue weighted by Gasteiger charge is -2.15. The molecule has 26 heavy (non-hydrogen) atoms. The van der Waals surface area contributed by atoms with Gasteiger partial charge in [-0.15, -0.1) is 0 Å². The molecule has 5 heteroatoms. The van der Waals surface area contributed by atoms with Crippen molar-refractivity contribution in [2.75, 3.05) is 14.2 Å². The van der Waals surface area contributed by atoms with E-state index in [1.165, 1.54) is 0 Å². The van der Waals surface area contributed by atoms with Gasteiger partial charge in [-0.3, -0.25) is 4.79 Å². The number of methoxy groups -OCH3 is 2. The third kappa shape index (κ3) is 5.41. The minimum Gasteiger partial charge on any atom is -0.496 e. The van der Waals surface area contributed by atoms with Crippen LogP contribution in [0.4, 0.5) is 0 Å². The summed E-state index contributed by atoms with van der Waals surface area (Å²) in [7, 11) is 3.25. The van der Waals surface area contributed by atoms with Gasteiger partial charge in [0.2, 0.25) is 5.91 Å². The van der Waals surface area contributed by atoms with Crippen molar-refractivity contribution < 1.29 is 19.0 Å². The maximum absolute atomic E-state index is 12.2. The molecule has 0 aliphatic heterocycles. The molecule has 0 spiro atoms. The van der Waals surface area contributed by atoms with Crippen LogP contribution in [0.15, 0.2) is 36.4 Å². The summed E-state index contributed by atoms with van der Waals surface area (Å²) >= 11 is 0. The molecule has 0 saturated carbocycles. The molecule has 0 aliphatic carbocycles. The summed E-state index contributed by atoms with van der Waals surface area (Å²) in [5.41, 5.74) is 2.93. The van der Waals surface area contributed by atoms with Crippen molar-refractivity contribution in [3.63, 3.8) is 0 Å². The molecule has 1 amide bonds. The second kappa shape index (κ2) is 9.13. The summed E-state index contributed by atoms with van der Waals surface area (Å²) in [4.78, 5) is 12.2.